The van der Waals surface area contributed by atoms with Crippen molar-refractivity contribution in [2.75, 3.05) is 0 Å². The molecule has 0 heterocycles. The number of nitrogens with two attached hydrogens (primary N) is 1. The van der Waals surface area contributed by atoms with Crippen molar-refractivity contribution < 1.29 is 4.79 Å². The fourth-order valence-electron chi connectivity index (χ4n) is 2.52. The highest BCUT2D eigenvalue weighted by molar-refractivity contribution is 5.79. The number of amides is 1. The number of carbonyl (C=O) groups is 1. The summed E-state index contributed by atoms with van der Waals surface area (Å²) < 4.78 is 0. The highest BCUT2D eigenvalue weighted by atomic mass is 16.2. The third-order valence-corrected chi connectivity index (χ3v) is 3.86. The van der Waals surface area contributed by atoms with Crippen molar-refractivity contribution in [2.24, 2.45) is 11.7 Å². The van der Waals surface area contributed by atoms with Crippen LogP contribution in [0.5, 0.6) is 0 Å². The number of hydrogen-bond donors (Lipinski definition) is 2. The van der Waals surface area contributed by atoms with Gasteiger partial charge in [0.2, 0.25) is 5.91 Å². The standard InChI is InChI=1S/C12H22N2O/c13-11-8-3-1-2-7-10(11)12(15)14-9-5-4-6-9/h9-11H,1-8,13H2,(H,14,15). The fourth-order valence-corrected chi connectivity index (χ4v) is 2.52. The molecular weight excluding hydrogens is 188 g/mol. The number of rotatable bonds is 2. The maximum absolute atomic E-state index is 12.0. The predicted molar refractivity (Wildman–Crippen MR) is 60.3 cm³/mol. The molecule has 0 saturated heterocycles. The van der Waals surface area contributed by atoms with E-state index in [1.54, 1.807) is 0 Å². The van der Waals surface area contributed by atoms with Crippen LogP contribution in [-0.4, -0.2) is 18.0 Å². The van der Waals surface area contributed by atoms with Gasteiger partial charge in [-0.25, -0.2) is 0 Å². The molecule has 0 radical (unpaired) electrons. The fraction of sp³-hybridized carbons (Fsp3) is 0.917. The first-order chi connectivity index (χ1) is 7.27. The molecule has 0 aliphatic heterocycles. The summed E-state index contributed by atoms with van der Waals surface area (Å²) in [4.78, 5) is 12.0. The molecule has 0 aromatic carbocycles. The molecule has 2 aliphatic rings. The van der Waals surface area contributed by atoms with Gasteiger partial charge in [0.05, 0.1) is 5.92 Å². The molecule has 0 bridgehead atoms. The molecule has 3 nitrogen and oxygen atoms in total. The van der Waals surface area contributed by atoms with Crippen molar-refractivity contribution in [3.8, 4) is 0 Å². The van der Waals surface area contributed by atoms with E-state index in [1.807, 2.05) is 0 Å². The van der Waals surface area contributed by atoms with Crippen LogP contribution < -0.4 is 11.1 Å². The summed E-state index contributed by atoms with van der Waals surface area (Å²) in [6, 6.07) is 0.542. The van der Waals surface area contributed by atoms with E-state index < -0.39 is 0 Å². The number of nitrogens with one attached hydrogen (secondary N) is 1. The van der Waals surface area contributed by atoms with Crippen molar-refractivity contribution >= 4 is 5.91 Å². The largest absolute Gasteiger partial charge is 0.353 e. The lowest BCUT2D eigenvalue weighted by molar-refractivity contribution is -0.127. The van der Waals surface area contributed by atoms with Crippen LogP contribution >= 0.6 is 0 Å². The van der Waals surface area contributed by atoms with Crippen molar-refractivity contribution in [3.63, 3.8) is 0 Å². The second kappa shape index (κ2) is 4.97. The molecule has 2 atom stereocenters. The Labute approximate surface area is 91.8 Å². The molecule has 0 aromatic heterocycles. The van der Waals surface area contributed by atoms with E-state index in [4.69, 9.17) is 5.73 Å². The normalized spacial score (nSPS) is 32.9. The first kappa shape index (κ1) is 10.9. The summed E-state index contributed by atoms with van der Waals surface area (Å²) in [6.45, 7) is 0. The Morgan fingerprint density at radius 2 is 1.73 bits per heavy atom. The van der Waals surface area contributed by atoms with E-state index in [-0.39, 0.29) is 17.9 Å². The van der Waals surface area contributed by atoms with Gasteiger partial charge in [-0.15, -0.1) is 0 Å². The smallest absolute Gasteiger partial charge is 0.224 e. The van der Waals surface area contributed by atoms with Gasteiger partial charge in [-0.05, 0) is 32.1 Å². The van der Waals surface area contributed by atoms with Crippen molar-refractivity contribution in [1.82, 2.24) is 5.32 Å². The first-order valence-corrected chi connectivity index (χ1v) is 6.33. The van der Waals surface area contributed by atoms with Crippen LogP contribution in [0.4, 0.5) is 0 Å². The zero-order valence-electron chi connectivity index (χ0n) is 9.37. The Hall–Kier alpha value is -0.570. The molecule has 0 spiro atoms. The van der Waals surface area contributed by atoms with E-state index in [1.165, 1.54) is 19.3 Å². The van der Waals surface area contributed by atoms with E-state index in [2.05, 4.69) is 5.32 Å². The number of hydrogen-bond acceptors (Lipinski definition) is 2. The molecular formula is C12H22N2O. The molecule has 3 heteroatoms. The molecule has 86 valence electrons. The van der Waals surface area contributed by atoms with Gasteiger partial charge >= 0.3 is 0 Å². The Morgan fingerprint density at radius 3 is 2.40 bits per heavy atom. The zero-order valence-corrected chi connectivity index (χ0v) is 9.37. The van der Waals surface area contributed by atoms with Crippen molar-refractivity contribution in [2.45, 2.75) is 63.5 Å². The minimum absolute atomic E-state index is 0.0769. The molecule has 3 N–H and O–H groups in total. The molecule has 2 unspecified atom stereocenters. The monoisotopic (exact) mass is 210 g/mol. The van der Waals surface area contributed by atoms with Gasteiger partial charge in [0.1, 0.15) is 0 Å². The third-order valence-electron chi connectivity index (χ3n) is 3.86. The molecule has 15 heavy (non-hydrogen) atoms. The lowest BCUT2D eigenvalue weighted by atomic mass is 9.90. The molecule has 2 rings (SSSR count). The van der Waals surface area contributed by atoms with Crippen LogP contribution in [0.1, 0.15) is 51.4 Å². The van der Waals surface area contributed by atoms with Gasteiger partial charge in [0.25, 0.3) is 0 Å². The van der Waals surface area contributed by atoms with Gasteiger partial charge in [0.15, 0.2) is 0 Å². The molecule has 2 fully saturated rings. The Balaban J connectivity index is 1.85. The summed E-state index contributed by atoms with van der Waals surface area (Å²) in [7, 11) is 0. The lowest BCUT2D eigenvalue weighted by Crippen LogP contribution is -2.47. The quantitative estimate of drug-likeness (QED) is 0.680. The van der Waals surface area contributed by atoms with Gasteiger partial charge in [-0.1, -0.05) is 19.3 Å². The topological polar surface area (TPSA) is 55.1 Å². The highest BCUT2D eigenvalue weighted by Gasteiger charge is 2.29. The van der Waals surface area contributed by atoms with Gasteiger partial charge in [-0.3, -0.25) is 4.79 Å². The second-order valence-electron chi connectivity index (χ2n) is 5.04. The molecule has 2 aliphatic carbocycles. The SMILES string of the molecule is NC1CCCCCC1C(=O)NC1CCC1. The summed E-state index contributed by atoms with van der Waals surface area (Å²) in [5, 5.41) is 3.13. The summed E-state index contributed by atoms with van der Waals surface area (Å²) in [5.74, 6) is 0.294. The molecule has 2 saturated carbocycles. The average molecular weight is 210 g/mol. The lowest BCUT2D eigenvalue weighted by Gasteiger charge is -2.29. The van der Waals surface area contributed by atoms with E-state index in [0.29, 0.717) is 6.04 Å². The average Bonchev–Trinajstić information content (AvgIpc) is 2.36. The Morgan fingerprint density at radius 1 is 1.00 bits per heavy atom. The number of carbonyl (C=O) groups excluding carboxylic acids is 1. The molecule has 0 aromatic rings. The first-order valence-electron chi connectivity index (χ1n) is 6.33. The summed E-state index contributed by atoms with van der Waals surface area (Å²) in [6.07, 6.45) is 9.18. The van der Waals surface area contributed by atoms with Crippen LogP contribution in [-0.2, 0) is 4.79 Å². The van der Waals surface area contributed by atoms with E-state index in [0.717, 1.165) is 32.1 Å². The van der Waals surface area contributed by atoms with E-state index in [9.17, 15) is 4.79 Å². The van der Waals surface area contributed by atoms with Gasteiger partial charge in [0, 0.05) is 12.1 Å². The minimum Gasteiger partial charge on any atom is -0.353 e. The second-order valence-corrected chi connectivity index (χ2v) is 5.04. The summed E-state index contributed by atoms with van der Waals surface area (Å²) in [5.41, 5.74) is 6.05. The Kier molecular flexibility index (Phi) is 3.62. The predicted octanol–water partition coefficient (Wildman–Crippen LogP) is 1.56. The maximum atomic E-state index is 12.0. The third kappa shape index (κ3) is 2.71. The highest BCUT2D eigenvalue weighted by Crippen LogP contribution is 2.24. The summed E-state index contributed by atoms with van der Waals surface area (Å²) >= 11 is 0. The zero-order chi connectivity index (χ0) is 10.7. The van der Waals surface area contributed by atoms with Crippen LogP contribution in [0.25, 0.3) is 0 Å². The van der Waals surface area contributed by atoms with E-state index >= 15 is 0 Å². The van der Waals surface area contributed by atoms with Crippen LogP contribution in [0.2, 0.25) is 0 Å². The molecule has 1 amide bonds. The van der Waals surface area contributed by atoms with Crippen LogP contribution in [0.15, 0.2) is 0 Å². The van der Waals surface area contributed by atoms with Crippen LogP contribution in [0.3, 0.4) is 0 Å². The van der Waals surface area contributed by atoms with Crippen molar-refractivity contribution in [1.29, 1.82) is 0 Å². The Bertz CT molecular complexity index is 226. The maximum Gasteiger partial charge on any atom is 0.224 e. The minimum atomic E-state index is 0.0769. The van der Waals surface area contributed by atoms with Crippen molar-refractivity contribution in [3.05, 3.63) is 0 Å². The van der Waals surface area contributed by atoms with Gasteiger partial charge in [-0.2, -0.15) is 0 Å². The van der Waals surface area contributed by atoms with Gasteiger partial charge < -0.3 is 11.1 Å². The van der Waals surface area contributed by atoms with Crippen LogP contribution in [0, 0.1) is 5.92 Å².